The van der Waals surface area contributed by atoms with Crippen molar-refractivity contribution in [1.82, 2.24) is 19.5 Å². The number of aromatic amines is 1. The quantitative estimate of drug-likeness (QED) is 0.447. The van der Waals surface area contributed by atoms with E-state index in [2.05, 4.69) is 20.3 Å². The van der Waals surface area contributed by atoms with Gasteiger partial charge in [0, 0.05) is 12.2 Å². The second-order valence-corrected chi connectivity index (χ2v) is 9.12. The van der Waals surface area contributed by atoms with Crippen molar-refractivity contribution < 1.29 is 28.2 Å². The molecule has 0 bridgehead atoms. The molecule has 1 saturated heterocycles. The number of sulfone groups is 1. The Hall–Kier alpha value is -2.35. The molecule has 2 aromatic heterocycles. The van der Waals surface area contributed by atoms with Gasteiger partial charge in [-0.3, -0.25) is 24.5 Å². The molecule has 28 heavy (non-hydrogen) atoms. The van der Waals surface area contributed by atoms with Crippen LogP contribution in [-0.2, 0) is 19.4 Å². The maximum Gasteiger partial charge on any atom is 0.280 e. The lowest BCUT2D eigenvalue weighted by Crippen LogP contribution is -2.38. The van der Waals surface area contributed by atoms with Gasteiger partial charge in [0.1, 0.15) is 17.5 Å². The third kappa shape index (κ3) is 3.53. The molecule has 4 atom stereocenters. The molecule has 1 amide bonds. The number of H-pyrrole nitrogens is 1. The number of hydrogen-bond donors (Lipinski definition) is 4. The summed E-state index contributed by atoms with van der Waals surface area (Å²) in [6.45, 7) is 2.73. The van der Waals surface area contributed by atoms with E-state index < -0.39 is 45.7 Å². The van der Waals surface area contributed by atoms with E-state index >= 15 is 0 Å². The highest BCUT2D eigenvalue weighted by atomic mass is 32.2. The molecule has 154 valence electrons. The van der Waals surface area contributed by atoms with Gasteiger partial charge in [-0.15, -0.1) is 0 Å². The Labute approximate surface area is 159 Å². The Balaban J connectivity index is 2.11. The highest BCUT2D eigenvalue weighted by molar-refractivity contribution is 7.91. The second-order valence-electron chi connectivity index (χ2n) is 6.91. The maximum absolute atomic E-state index is 12.3. The molecule has 2 aromatic rings. The van der Waals surface area contributed by atoms with Crippen LogP contribution in [0.15, 0.2) is 11.1 Å². The Morgan fingerprint density at radius 2 is 2.14 bits per heavy atom. The van der Waals surface area contributed by atoms with Crippen molar-refractivity contribution in [3.8, 4) is 0 Å². The fraction of sp³-hybridized carbons (Fsp3) is 0.600. The number of carbonyl (C=O) groups excluding carboxylic acids is 1. The smallest absolute Gasteiger partial charge is 0.280 e. The largest absolute Gasteiger partial charge is 0.394 e. The Kier molecular flexibility index (Phi) is 5.27. The number of amides is 1. The molecular formula is C15H21N5O7S. The molecule has 3 heterocycles. The summed E-state index contributed by atoms with van der Waals surface area (Å²) in [6, 6.07) is 0. The molecule has 3 rings (SSSR count). The van der Waals surface area contributed by atoms with E-state index in [0.717, 1.165) is 12.6 Å². The first kappa shape index (κ1) is 20.4. The number of imidazole rings is 1. The van der Waals surface area contributed by atoms with Crippen LogP contribution in [0.25, 0.3) is 11.2 Å². The molecule has 12 nitrogen and oxygen atoms in total. The van der Waals surface area contributed by atoms with Gasteiger partial charge in [0.05, 0.1) is 12.9 Å². The van der Waals surface area contributed by atoms with Gasteiger partial charge in [0.15, 0.2) is 27.2 Å². The zero-order chi connectivity index (χ0) is 20.8. The number of anilines is 1. The van der Waals surface area contributed by atoms with Crippen LogP contribution in [0.4, 0.5) is 5.95 Å². The molecule has 0 aliphatic carbocycles. The second kappa shape index (κ2) is 7.24. The van der Waals surface area contributed by atoms with E-state index in [9.17, 15) is 28.2 Å². The van der Waals surface area contributed by atoms with Crippen molar-refractivity contribution >= 4 is 32.9 Å². The summed E-state index contributed by atoms with van der Waals surface area (Å²) in [4.78, 5) is 34.6. The van der Waals surface area contributed by atoms with Crippen molar-refractivity contribution in [1.29, 1.82) is 0 Å². The molecule has 0 spiro atoms. The van der Waals surface area contributed by atoms with Gasteiger partial charge in [-0.2, -0.15) is 4.98 Å². The minimum absolute atomic E-state index is 0.0350. The lowest BCUT2D eigenvalue weighted by Gasteiger charge is -2.20. The van der Waals surface area contributed by atoms with Crippen LogP contribution < -0.4 is 10.9 Å². The average molecular weight is 415 g/mol. The topological polar surface area (TPSA) is 176 Å². The van der Waals surface area contributed by atoms with Crippen molar-refractivity contribution in [3.63, 3.8) is 0 Å². The van der Waals surface area contributed by atoms with E-state index in [0.29, 0.717) is 0 Å². The third-order valence-electron chi connectivity index (χ3n) is 4.46. The van der Waals surface area contributed by atoms with E-state index in [-0.39, 0.29) is 28.9 Å². The third-order valence-corrected chi connectivity index (χ3v) is 5.96. The SMILES string of the molecule is CC(C)C(=O)Nc1nc2c(ncn2[C@@H]2O[C@H](CO)C(O)C2S(C)(=O)=O)c(=O)[nH]1. The Morgan fingerprint density at radius 3 is 2.71 bits per heavy atom. The van der Waals surface area contributed by atoms with E-state index in [1.54, 1.807) is 13.8 Å². The van der Waals surface area contributed by atoms with E-state index in [1.165, 1.54) is 4.57 Å². The zero-order valence-corrected chi connectivity index (χ0v) is 16.2. The fourth-order valence-electron chi connectivity index (χ4n) is 2.99. The first-order valence-corrected chi connectivity index (χ1v) is 10.4. The number of carbonyl (C=O) groups is 1. The van der Waals surface area contributed by atoms with Crippen LogP contribution in [0, 0.1) is 5.92 Å². The maximum atomic E-state index is 12.3. The molecule has 4 N–H and O–H groups in total. The van der Waals surface area contributed by atoms with Gasteiger partial charge in [-0.05, 0) is 0 Å². The first-order chi connectivity index (χ1) is 13.0. The number of nitrogens with one attached hydrogen (secondary N) is 2. The normalized spacial score (nSPS) is 25.5. The summed E-state index contributed by atoms with van der Waals surface area (Å²) in [5, 5.41) is 20.7. The first-order valence-electron chi connectivity index (χ1n) is 8.45. The minimum Gasteiger partial charge on any atom is -0.394 e. The highest BCUT2D eigenvalue weighted by Gasteiger charge is 2.50. The van der Waals surface area contributed by atoms with E-state index in [1.807, 2.05) is 0 Å². The molecule has 1 aliphatic heterocycles. The van der Waals surface area contributed by atoms with Gasteiger partial charge in [-0.1, -0.05) is 13.8 Å². The summed E-state index contributed by atoms with van der Waals surface area (Å²) < 4.78 is 31.1. The fourth-order valence-corrected chi connectivity index (χ4v) is 4.29. The summed E-state index contributed by atoms with van der Waals surface area (Å²) in [5.74, 6) is -0.874. The molecule has 13 heteroatoms. The minimum atomic E-state index is -3.81. The molecule has 0 aromatic carbocycles. The monoisotopic (exact) mass is 415 g/mol. The van der Waals surface area contributed by atoms with Gasteiger partial charge in [0.25, 0.3) is 5.56 Å². The van der Waals surface area contributed by atoms with Gasteiger partial charge < -0.3 is 14.9 Å². The van der Waals surface area contributed by atoms with Crippen molar-refractivity contribution in [2.75, 3.05) is 18.2 Å². The number of aliphatic hydroxyl groups excluding tert-OH is 2. The summed E-state index contributed by atoms with van der Waals surface area (Å²) in [5.41, 5.74) is -0.774. The number of rotatable bonds is 5. The summed E-state index contributed by atoms with van der Waals surface area (Å²) in [7, 11) is -3.81. The van der Waals surface area contributed by atoms with Crippen LogP contribution >= 0.6 is 0 Å². The molecule has 0 saturated carbocycles. The summed E-state index contributed by atoms with van der Waals surface area (Å²) in [6.07, 6.45) is -1.79. The lowest BCUT2D eigenvalue weighted by molar-refractivity contribution is -0.118. The molecule has 2 unspecified atom stereocenters. The van der Waals surface area contributed by atoms with Crippen molar-refractivity contribution in [2.24, 2.45) is 5.92 Å². The van der Waals surface area contributed by atoms with Crippen molar-refractivity contribution in [2.45, 2.75) is 37.5 Å². The summed E-state index contributed by atoms with van der Waals surface area (Å²) >= 11 is 0. The van der Waals surface area contributed by atoms with Crippen LogP contribution in [-0.4, -0.2) is 74.4 Å². The predicted molar refractivity (Wildman–Crippen MR) is 97.3 cm³/mol. The Morgan fingerprint density at radius 1 is 1.46 bits per heavy atom. The van der Waals surface area contributed by atoms with Crippen LogP contribution in [0.2, 0.25) is 0 Å². The molecule has 1 fully saturated rings. The number of aromatic nitrogens is 4. The highest BCUT2D eigenvalue weighted by Crippen LogP contribution is 2.35. The average Bonchev–Trinajstić information content (AvgIpc) is 3.15. The van der Waals surface area contributed by atoms with Crippen molar-refractivity contribution in [3.05, 3.63) is 16.7 Å². The van der Waals surface area contributed by atoms with Crippen LogP contribution in [0.1, 0.15) is 20.1 Å². The van der Waals surface area contributed by atoms with Crippen LogP contribution in [0.3, 0.4) is 0 Å². The van der Waals surface area contributed by atoms with Gasteiger partial charge in [-0.25, -0.2) is 13.4 Å². The van der Waals surface area contributed by atoms with Gasteiger partial charge >= 0.3 is 0 Å². The van der Waals surface area contributed by atoms with Crippen LogP contribution in [0.5, 0.6) is 0 Å². The predicted octanol–water partition coefficient (Wildman–Crippen LogP) is -1.62. The molecule has 0 radical (unpaired) electrons. The van der Waals surface area contributed by atoms with E-state index in [4.69, 9.17) is 4.74 Å². The van der Waals surface area contributed by atoms with Gasteiger partial charge in [0.2, 0.25) is 11.9 Å². The number of fused-ring (bicyclic) bond motifs is 1. The standard InChI is InChI=1S/C15H21N5O7S/c1-6(2)12(23)18-15-17-11-8(13(24)19-15)16-5-20(11)14-10(28(3,25)26)9(22)7(4-21)27-14/h5-7,9-10,14,21-22H,4H2,1-3H3,(H2,17,18,19,23,24)/t7-,9?,10?,14-/m1/s1. The number of nitrogens with zero attached hydrogens (tertiary/aromatic N) is 3. The molecular weight excluding hydrogens is 394 g/mol. The zero-order valence-electron chi connectivity index (χ0n) is 15.4. The Bertz CT molecular complexity index is 1060. The number of aliphatic hydroxyl groups is 2. The molecule has 1 aliphatic rings. The number of hydrogen-bond acceptors (Lipinski definition) is 9. The lowest BCUT2D eigenvalue weighted by atomic mass is 10.2. The number of ether oxygens (including phenoxy) is 1.